The number of hydrogen-bond acceptors (Lipinski definition) is 3. The van der Waals surface area contributed by atoms with Crippen LogP contribution < -0.4 is 20.3 Å². The number of benzene rings is 2. The van der Waals surface area contributed by atoms with E-state index in [0.29, 0.717) is 32.1 Å². The standard InChI is InChI=1S/C21H26N4O2/c1-3-27-19-12-8-7-9-16(19)14-23-21(22-2)24-17-13-20(26)25(15-17)18-10-5-4-6-11-18/h4-12,17H,3,13-15H2,1-2H3,(H2,22,23,24). The lowest BCUT2D eigenvalue weighted by Crippen LogP contribution is -2.44. The van der Waals surface area contributed by atoms with Gasteiger partial charge < -0.3 is 20.3 Å². The summed E-state index contributed by atoms with van der Waals surface area (Å²) < 4.78 is 5.66. The zero-order valence-electron chi connectivity index (χ0n) is 15.8. The molecule has 1 unspecified atom stereocenters. The monoisotopic (exact) mass is 366 g/mol. The maximum Gasteiger partial charge on any atom is 0.229 e. The molecule has 2 aromatic carbocycles. The van der Waals surface area contributed by atoms with E-state index >= 15 is 0 Å². The van der Waals surface area contributed by atoms with Crippen molar-refractivity contribution in [2.45, 2.75) is 25.9 Å². The van der Waals surface area contributed by atoms with E-state index in [1.54, 1.807) is 7.05 Å². The molecule has 0 spiro atoms. The largest absolute Gasteiger partial charge is 0.494 e. The quantitative estimate of drug-likeness (QED) is 0.609. The number of carbonyl (C=O) groups is 1. The lowest BCUT2D eigenvalue weighted by Gasteiger charge is -2.19. The molecule has 0 saturated carbocycles. The van der Waals surface area contributed by atoms with E-state index in [2.05, 4.69) is 15.6 Å². The second-order valence-corrected chi connectivity index (χ2v) is 6.35. The van der Waals surface area contributed by atoms with Crippen LogP contribution in [0.2, 0.25) is 0 Å². The van der Waals surface area contributed by atoms with Crippen molar-refractivity contribution in [2.75, 3.05) is 25.1 Å². The highest BCUT2D eigenvalue weighted by Crippen LogP contribution is 2.21. The van der Waals surface area contributed by atoms with E-state index in [4.69, 9.17) is 4.74 Å². The van der Waals surface area contributed by atoms with Gasteiger partial charge in [-0.05, 0) is 25.1 Å². The van der Waals surface area contributed by atoms with Gasteiger partial charge in [-0.1, -0.05) is 36.4 Å². The third kappa shape index (κ3) is 4.78. The Morgan fingerprint density at radius 2 is 1.93 bits per heavy atom. The molecule has 142 valence electrons. The summed E-state index contributed by atoms with van der Waals surface area (Å²) in [5, 5.41) is 6.66. The van der Waals surface area contributed by atoms with Crippen molar-refractivity contribution in [3.05, 3.63) is 60.2 Å². The van der Waals surface area contributed by atoms with Crippen molar-refractivity contribution in [1.82, 2.24) is 10.6 Å². The first-order valence-corrected chi connectivity index (χ1v) is 9.24. The van der Waals surface area contributed by atoms with E-state index in [-0.39, 0.29) is 11.9 Å². The molecule has 2 aromatic rings. The van der Waals surface area contributed by atoms with Gasteiger partial charge in [-0.25, -0.2) is 0 Å². The van der Waals surface area contributed by atoms with Gasteiger partial charge in [-0.3, -0.25) is 9.79 Å². The van der Waals surface area contributed by atoms with E-state index in [1.807, 2.05) is 66.4 Å². The van der Waals surface area contributed by atoms with Gasteiger partial charge >= 0.3 is 0 Å². The Balaban J connectivity index is 1.58. The Bertz CT molecular complexity index is 792. The summed E-state index contributed by atoms with van der Waals surface area (Å²) in [5.74, 6) is 1.67. The zero-order valence-corrected chi connectivity index (χ0v) is 15.8. The summed E-state index contributed by atoms with van der Waals surface area (Å²) in [4.78, 5) is 18.5. The number of anilines is 1. The Morgan fingerprint density at radius 3 is 2.67 bits per heavy atom. The second kappa shape index (κ2) is 9.07. The zero-order chi connectivity index (χ0) is 19.1. The minimum absolute atomic E-state index is 0.0195. The smallest absolute Gasteiger partial charge is 0.229 e. The lowest BCUT2D eigenvalue weighted by atomic mass is 10.2. The summed E-state index contributed by atoms with van der Waals surface area (Å²) in [6.45, 7) is 3.82. The van der Waals surface area contributed by atoms with Crippen LogP contribution in [0.15, 0.2) is 59.6 Å². The highest BCUT2D eigenvalue weighted by Gasteiger charge is 2.31. The number of para-hydroxylation sites is 2. The summed E-state index contributed by atoms with van der Waals surface area (Å²) in [7, 11) is 1.73. The third-order valence-corrected chi connectivity index (χ3v) is 4.48. The van der Waals surface area contributed by atoms with E-state index in [0.717, 1.165) is 17.0 Å². The number of guanidine groups is 1. The number of carbonyl (C=O) groups excluding carboxylic acids is 1. The average molecular weight is 366 g/mol. The van der Waals surface area contributed by atoms with Crippen molar-refractivity contribution in [1.29, 1.82) is 0 Å². The van der Waals surface area contributed by atoms with Gasteiger partial charge in [0.2, 0.25) is 5.91 Å². The minimum atomic E-state index is 0.0195. The molecule has 6 heteroatoms. The van der Waals surface area contributed by atoms with Gasteiger partial charge in [0.05, 0.1) is 12.6 Å². The maximum absolute atomic E-state index is 12.4. The van der Waals surface area contributed by atoms with Gasteiger partial charge in [0.25, 0.3) is 0 Å². The fourth-order valence-electron chi connectivity index (χ4n) is 3.17. The first-order valence-electron chi connectivity index (χ1n) is 9.24. The van der Waals surface area contributed by atoms with E-state index < -0.39 is 0 Å². The highest BCUT2D eigenvalue weighted by atomic mass is 16.5. The maximum atomic E-state index is 12.4. The number of nitrogens with zero attached hydrogens (tertiary/aromatic N) is 2. The van der Waals surface area contributed by atoms with Gasteiger partial charge in [-0.15, -0.1) is 0 Å². The van der Waals surface area contributed by atoms with Crippen LogP contribution >= 0.6 is 0 Å². The molecule has 1 atom stereocenters. The second-order valence-electron chi connectivity index (χ2n) is 6.35. The van der Waals surface area contributed by atoms with Crippen molar-refractivity contribution < 1.29 is 9.53 Å². The highest BCUT2D eigenvalue weighted by molar-refractivity contribution is 5.97. The van der Waals surface area contributed by atoms with Crippen LogP contribution in [-0.4, -0.2) is 38.1 Å². The molecule has 2 N–H and O–H groups in total. The molecule has 0 bridgehead atoms. The normalized spacial score (nSPS) is 17.1. The fourth-order valence-corrected chi connectivity index (χ4v) is 3.17. The molecular formula is C21H26N4O2. The van der Waals surface area contributed by atoms with Crippen LogP contribution in [0.1, 0.15) is 18.9 Å². The average Bonchev–Trinajstić information content (AvgIpc) is 3.07. The number of aliphatic imine (C=N–C) groups is 1. The molecule has 0 radical (unpaired) electrons. The van der Waals surface area contributed by atoms with Crippen LogP contribution in [0.3, 0.4) is 0 Å². The number of nitrogens with one attached hydrogen (secondary N) is 2. The Hall–Kier alpha value is -3.02. The third-order valence-electron chi connectivity index (χ3n) is 4.48. The summed E-state index contributed by atoms with van der Waals surface area (Å²) in [6, 6.07) is 17.7. The van der Waals surface area contributed by atoms with Crippen LogP contribution in [0.25, 0.3) is 0 Å². The van der Waals surface area contributed by atoms with Gasteiger partial charge in [-0.2, -0.15) is 0 Å². The Labute approximate surface area is 160 Å². The van der Waals surface area contributed by atoms with Crippen LogP contribution in [0.4, 0.5) is 5.69 Å². The lowest BCUT2D eigenvalue weighted by molar-refractivity contribution is -0.117. The molecule has 1 saturated heterocycles. The molecule has 27 heavy (non-hydrogen) atoms. The molecule has 3 rings (SSSR count). The predicted molar refractivity (Wildman–Crippen MR) is 108 cm³/mol. The fraction of sp³-hybridized carbons (Fsp3) is 0.333. The minimum Gasteiger partial charge on any atom is -0.494 e. The number of amides is 1. The van der Waals surface area contributed by atoms with Crippen LogP contribution in [0.5, 0.6) is 5.75 Å². The molecular weight excluding hydrogens is 340 g/mol. The van der Waals surface area contributed by atoms with Gasteiger partial charge in [0.15, 0.2) is 5.96 Å². The summed E-state index contributed by atoms with van der Waals surface area (Å²) in [5.41, 5.74) is 2.00. The van der Waals surface area contributed by atoms with Crippen molar-refractivity contribution in [3.8, 4) is 5.75 Å². The topological polar surface area (TPSA) is 66.0 Å². The Morgan fingerprint density at radius 1 is 1.19 bits per heavy atom. The number of rotatable bonds is 6. The summed E-state index contributed by atoms with van der Waals surface area (Å²) in [6.07, 6.45) is 0.450. The SMILES string of the molecule is CCOc1ccccc1CNC(=NC)NC1CC(=O)N(c2ccccc2)C1. The first kappa shape index (κ1) is 18.8. The predicted octanol–water partition coefficient (Wildman–Crippen LogP) is 2.56. The van der Waals surface area contributed by atoms with Crippen molar-refractivity contribution in [3.63, 3.8) is 0 Å². The van der Waals surface area contributed by atoms with Crippen molar-refractivity contribution >= 4 is 17.6 Å². The van der Waals surface area contributed by atoms with Crippen LogP contribution in [0, 0.1) is 0 Å². The van der Waals surface area contributed by atoms with E-state index in [9.17, 15) is 4.79 Å². The number of ether oxygens (including phenoxy) is 1. The molecule has 0 aromatic heterocycles. The molecule has 0 aliphatic carbocycles. The van der Waals surface area contributed by atoms with Crippen LogP contribution in [-0.2, 0) is 11.3 Å². The van der Waals surface area contributed by atoms with Crippen molar-refractivity contribution in [2.24, 2.45) is 4.99 Å². The molecule has 1 aliphatic rings. The molecule has 1 aliphatic heterocycles. The molecule has 1 heterocycles. The Kier molecular flexibility index (Phi) is 6.30. The molecule has 6 nitrogen and oxygen atoms in total. The van der Waals surface area contributed by atoms with E-state index in [1.165, 1.54) is 0 Å². The molecule has 1 fully saturated rings. The molecule has 1 amide bonds. The first-order chi connectivity index (χ1) is 13.2. The summed E-state index contributed by atoms with van der Waals surface area (Å²) >= 11 is 0. The van der Waals surface area contributed by atoms with Gasteiger partial charge in [0, 0.05) is 37.8 Å². The van der Waals surface area contributed by atoms with Gasteiger partial charge in [0.1, 0.15) is 5.75 Å². The number of hydrogen-bond donors (Lipinski definition) is 2.